The monoisotopic (exact) mass is 417 g/mol. The number of hydrogen-bond donors (Lipinski definition) is 1. The second kappa shape index (κ2) is 8.20. The molecular weight excluding hydrogens is 394 g/mol. The molecule has 0 aliphatic carbocycles. The molecule has 0 atom stereocenters. The highest BCUT2D eigenvalue weighted by Crippen LogP contribution is 2.28. The zero-order valence-corrected chi connectivity index (χ0v) is 17.2. The van der Waals surface area contributed by atoms with Crippen LogP contribution in [0.15, 0.2) is 41.3 Å². The van der Waals surface area contributed by atoms with Crippen molar-refractivity contribution in [3.63, 3.8) is 0 Å². The standard InChI is InChI=1S/C20H23N3O5S/c1-14-9-10-16(13-17(14)20(24)22-11-4-3-5-12-22)29(27,28)21-18-7-6-8-19(15(18)2)23(25)26/h6-10,13,21H,3-5,11-12H2,1-2H3. The van der Waals surface area contributed by atoms with Crippen LogP contribution in [-0.4, -0.2) is 37.2 Å². The van der Waals surface area contributed by atoms with Gasteiger partial charge < -0.3 is 4.90 Å². The summed E-state index contributed by atoms with van der Waals surface area (Å²) in [5, 5.41) is 11.1. The maximum absolute atomic E-state index is 12.9. The van der Waals surface area contributed by atoms with Crippen LogP contribution < -0.4 is 4.72 Å². The highest BCUT2D eigenvalue weighted by Gasteiger charge is 2.24. The van der Waals surface area contributed by atoms with Gasteiger partial charge >= 0.3 is 0 Å². The topological polar surface area (TPSA) is 110 Å². The summed E-state index contributed by atoms with van der Waals surface area (Å²) in [6, 6.07) is 8.61. The average Bonchev–Trinajstić information content (AvgIpc) is 2.69. The molecule has 8 nitrogen and oxygen atoms in total. The predicted molar refractivity (Wildman–Crippen MR) is 110 cm³/mol. The van der Waals surface area contributed by atoms with E-state index in [1.165, 1.54) is 37.3 Å². The summed E-state index contributed by atoms with van der Waals surface area (Å²) in [4.78, 5) is 25.1. The summed E-state index contributed by atoms with van der Waals surface area (Å²) in [6.45, 7) is 4.59. The third-order valence-corrected chi connectivity index (χ3v) is 6.50. The van der Waals surface area contributed by atoms with Gasteiger partial charge in [0, 0.05) is 24.7 Å². The number of rotatable bonds is 5. The second-order valence-corrected chi connectivity index (χ2v) is 8.82. The van der Waals surface area contributed by atoms with Gasteiger partial charge in [-0.2, -0.15) is 0 Å². The van der Waals surface area contributed by atoms with Crippen LogP contribution in [-0.2, 0) is 10.0 Å². The van der Waals surface area contributed by atoms with Crippen LogP contribution in [0.5, 0.6) is 0 Å². The maximum Gasteiger partial charge on any atom is 0.274 e. The predicted octanol–water partition coefficient (Wildman–Crippen LogP) is 3.64. The van der Waals surface area contributed by atoms with Crippen molar-refractivity contribution in [2.45, 2.75) is 38.0 Å². The van der Waals surface area contributed by atoms with E-state index in [-0.39, 0.29) is 27.7 Å². The van der Waals surface area contributed by atoms with E-state index in [1.54, 1.807) is 17.9 Å². The first kappa shape index (κ1) is 20.8. The first-order chi connectivity index (χ1) is 13.7. The van der Waals surface area contributed by atoms with Crippen molar-refractivity contribution in [1.82, 2.24) is 4.90 Å². The lowest BCUT2D eigenvalue weighted by Crippen LogP contribution is -2.36. The van der Waals surface area contributed by atoms with E-state index in [1.807, 2.05) is 0 Å². The van der Waals surface area contributed by atoms with Gasteiger partial charge in [0.15, 0.2) is 0 Å². The van der Waals surface area contributed by atoms with Gasteiger partial charge in [-0.1, -0.05) is 12.1 Å². The number of piperidine rings is 1. The fourth-order valence-corrected chi connectivity index (χ4v) is 4.55. The van der Waals surface area contributed by atoms with Crippen LogP contribution in [0.1, 0.15) is 40.7 Å². The quantitative estimate of drug-likeness (QED) is 0.590. The van der Waals surface area contributed by atoms with Gasteiger partial charge in [0.05, 0.1) is 21.1 Å². The number of carbonyl (C=O) groups excluding carboxylic acids is 1. The van der Waals surface area contributed by atoms with Crippen LogP contribution in [0.3, 0.4) is 0 Å². The number of benzene rings is 2. The molecule has 1 fully saturated rings. The Kier molecular flexibility index (Phi) is 5.88. The molecule has 0 radical (unpaired) electrons. The molecule has 0 saturated carbocycles. The minimum absolute atomic E-state index is 0.0608. The van der Waals surface area contributed by atoms with E-state index >= 15 is 0 Å². The molecular formula is C20H23N3O5S. The Morgan fingerprint density at radius 1 is 1.10 bits per heavy atom. The molecule has 0 aromatic heterocycles. The Bertz CT molecular complexity index is 1060. The first-order valence-electron chi connectivity index (χ1n) is 9.37. The number of amides is 1. The highest BCUT2D eigenvalue weighted by atomic mass is 32.2. The molecule has 1 N–H and O–H groups in total. The van der Waals surface area contributed by atoms with Gasteiger partial charge in [0.1, 0.15) is 0 Å². The van der Waals surface area contributed by atoms with Crippen molar-refractivity contribution in [2.24, 2.45) is 0 Å². The van der Waals surface area contributed by atoms with Crippen LogP contribution in [0, 0.1) is 24.0 Å². The Morgan fingerprint density at radius 2 is 1.79 bits per heavy atom. The fraction of sp³-hybridized carbons (Fsp3) is 0.350. The molecule has 0 bridgehead atoms. The van der Waals surface area contributed by atoms with Crippen molar-refractivity contribution in [3.8, 4) is 0 Å². The van der Waals surface area contributed by atoms with E-state index in [4.69, 9.17) is 0 Å². The summed E-state index contributed by atoms with van der Waals surface area (Å²) in [5.41, 5.74) is 1.23. The van der Waals surface area contributed by atoms with Crippen LogP contribution in [0.2, 0.25) is 0 Å². The van der Waals surface area contributed by atoms with E-state index in [0.29, 0.717) is 24.2 Å². The van der Waals surface area contributed by atoms with Crippen molar-refractivity contribution < 1.29 is 18.1 Å². The van der Waals surface area contributed by atoms with Crippen molar-refractivity contribution in [3.05, 3.63) is 63.2 Å². The third-order valence-electron chi connectivity index (χ3n) is 5.14. The van der Waals surface area contributed by atoms with Crippen molar-refractivity contribution >= 4 is 27.3 Å². The molecule has 29 heavy (non-hydrogen) atoms. The summed E-state index contributed by atoms with van der Waals surface area (Å²) in [7, 11) is -4.03. The minimum Gasteiger partial charge on any atom is -0.339 e. The largest absolute Gasteiger partial charge is 0.339 e. The molecule has 3 rings (SSSR count). The molecule has 1 aliphatic heterocycles. The highest BCUT2D eigenvalue weighted by molar-refractivity contribution is 7.92. The van der Waals surface area contributed by atoms with Gasteiger partial charge in [0.2, 0.25) is 0 Å². The summed E-state index contributed by atoms with van der Waals surface area (Å²) < 4.78 is 28.2. The van der Waals surface area contributed by atoms with Gasteiger partial charge in [0.25, 0.3) is 21.6 Å². The number of nitro groups is 1. The maximum atomic E-state index is 12.9. The van der Waals surface area contributed by atoms with Crippen molar-refractivity contribution in [2.75, 3.05) is 17.8 Å². The molecule has 154 valence electrons. The number of nitrogens with zero attached hydrogens (tertiary/aromatic N) is 2. The minimum atomic E-state index is -4.03. The third kappa shape index (κ3) is 4.40. The lowest BCUT2D eigenvalue weighted by atomic mass is 10.1. The summed E-state index contributed by atoms with van der Waals surface area (Å²) >= 11 is 0. The number of likely N-dealkylation sites (tertiary alicyclic amines) is 1. The Morgan fingerprint density at radius 3 is 2.45 bits per heavy atom. The Labute approximate surface area is 169 Å². The van der Waals surface area contributed by atoms with Crippen LogP contribution in [0.4, 0.5) is 11.4 Å². The number of nitro benzene ring substituents is 1. The first-order valence-corrected chi connectivity index (χ1v) is 10.9. The van der Waals surface area contributed by atoms with E-state index < -0.39 is 14.9 Å². The van der Waals surface area contributed by atoms with E-state index in [2.05, 4.69) is 4.72 Å². The molecule has 2 aromatic rings. The van der Waals surface area contributed by atoms with Gasteiger partial charge in [-0.15, -0.1) is 0 Å². The molecule has 0 spiro atoms. The molecule has 1 aliphatic rings. The van der Waals surface area contributed by atoms with Gasteiger partial charge in [-0.05, 0) is 56.9 Å². The van der Waals surface area contributed by atoms with Crippen molar-refractivity contribution in [1.29, 1.82) is 0 Å². The summed E-state index contributed by atoms with van der Waals surface area (Å²) in [5.74, 6) is -0.175. The molecule has 1 saturated heterocycles. The molecule has 1 heterocycles. The lowest BCUT2D eigenvalue weighted by Gasteiger charge is -2.27. The number of carbonyl (C=O) groups is 1. The molecule has 2 aromatic carbocycles. The second-order valence-electron chi connectivity index (χ2n) is 7.14. The lowest BCUT2D eigenvalue weighted by molar-refractivity contribution is -0.385. The van der Waals surface area contributed by atoms with Crippen LogP contribution >= 0.6 is 0 Å². The molecule has 9 heteroatoms. The number of nitrogens with one attached hydrogen (secondary N) is 1. The smallest absolute Gasteiger partial charge is 0.274 e. The fourth-order valence-electron chi connectivity index (χ4n) is 3.40. The average molecular weight is 417 g/mol. The number of hydrogen-bond acceptors (Lipinski definition) is 5. The molecule has 1 amide bonds. The zero-order chi connectivity index (χ0) is 21.2. The number of sulfonamides is 1. The SMILES string of the molecule is Cc1ccc(S(=O)(=O)Nc2cccc([N+](=O)[O-])c2C)cc1C(=O)N1CCCCC1. The van der Waals surface area contributed by atoms with E-state index in [9.17, 15) is 23.3 Å². The molecule has 0 unspecified atom stereocenters. The van der Waals surface area contributed by atoms with Gasteiger partial charge in [-0.25, -0.2) is 8.42 Å². The number of aryl methyl sites for hydroxylation is 1. The normalized spacial score (nSPS) is 14.5. The van der Waals surface area contributed by atoms with E-state index in [0.717, 1.165) is 19.3 Å². The number of anilines is 1. The Balaban J connectivity index is 1.93. The van der Waals surface area contributed by atoms with Gasteiger partial charge in [-0.3, -0.25) is 19.6 Å². The van der Waals surface area contributed by atoms with Crippen LogP contribution in [0.25, 0.3) is 0 Å². The summed E-state index contributed by atoms with van der Waals surface area (Å²) in [6.07, 6.45) is 2.97. The Hall–Kier alpha value is -2.94. The zero-order valence-electron chi connectivity index (χ0n) is 16.3.